The highest BCUT2D eigenvalue weighted by Crippen LogP contribution is 2.29. The molecule has 1 heterocycles. The highest BCUT2D eigenvalue weighted by atomic mass is 16.5. The van der Waals surface area contributed by atoms with Crippen LogP contribution in [0, 0.1) is 0 Å². The third kappa shape index (κ3) is 2.70. The maximum absolute atomic E-state index is 5.93. The smallest absolute Gasteiger partial charge is 0.149 e. The minimum absolute atomic E-state index is 0.746. The molecule has 0 saturated heterocycles. The third-order valence-electron chi connectivity index (χ3n) is 2.92. The number of hydrogen-bond donors (Lipinski definition) is 0. The van der Waals surface area contributed by atoms with Crippen LogP contribution in [-0.2, 0) is 6.42 Å². The van der Waals surface area contributed by atoms with Crippen LogP contribution in [0.3, 0.4) is 0 Å². The lowest BCUT2D eigenvalue weighted by molar-refractivity contribution is 0.310. The van der Waals surface area contributed by atoms with Gasteiger partial charge in [0.05, 0.1) is 6.61 Å². The first-order valence-electron chi connectivity index (χ1n) is 6.47. The summed E-state index contributed by atoms with van der Waals surface area (Å²) in [6.07, 6.45) is 6.73. The fourth-order valence-corrected chi connectivity index (χ4v) is 1.96. The average molecular weight is 241 g/mol. The largest absolute Gasteiger partial charge is 0.491 e. The predicted octanol–water partition coefficient (Wildman–Crippen LogP) is 4.14. The van der Waals surface area contributed by atoms with Crippen molar-refractivity contribution in [2.75, 3.05) is 6.61 Å². The second-order valence-corrected chi connectivity index (χ2v) is 4.32. The summed E-state index contributed by atoms with van der Waals surface area (Å²) in [5.74, 6) is 0.918. The zero-order valence-corrected chi connectivity index (χ0v) is 10.9. The molecule has 0 aliphatic rings. The van der Waals surface area contributed by atoms with Crippen molar-refractivity contribution in [3.05, 3.63) is 48.7 Å². The first-order valence-corrected chi connectivity index (χ1v) is 6.47. The summed E-state index contributed by atoms with van der Waals surface area (Å²) < 4.78 is 5.93. The Morgan fingerprint density at radius 2 is 2.22 bits per heavy atom. The fraction of sp³-hybridized carbons (Fsp3) is 0.312. The Balaban J connectivity index is 2.41. The summed E-state index contributed by atoms with van der Waals surface area (Å²) >= 11 is 0. The van der Waals surface area contributed by atoms with Crippen LogP contribution in [0.15, 0.2) is 43.1 Å². The van der Waals surface area contributed by atoms with E-state index < -0.39 is 0 Å². The van der Waals surface area contributed by atoms with Gasteiger partial charge in [0.15, 0.2) is 0 Å². The number of pyridine rings is 1. The predicted molar refractivity (Wildman–Crippen MR) is 76.0 cm³/mol. The van der Waals surface area contributed by atoms with Gasteiger partial charge in [0.1, 0.15) is 11.3 Å². The summed E-state index contributed by atoms with van der Waals surface area (Å²) in [7, 11) is 0. The van der Waals surface area contributed by atoms with Crippen LogP contribution >= 0.6 is 0 Å². The molecule has 0 N–H and O–H groups in total. The van der Waals surface area contributed by atoms with Crippen LogP contribution in [0.25, 0.3) is 10.9 Å². The molecule has 0 fully saturated rings. The van der Waals surface area contributed by atoms with Crippen LogP contribution in [0.2, 0.25) is 0 Å². The van der Waals surface area contributed by atoms with Crippen molar-refractivity contribution in [1.82, 2.24) is 4.98 Å². The van der Waals surface area contributed by atoms with E-state index in [1.165, 1.54) is 0 Å². The Bertz CT molecular complexity index is 534. The van der Waals surface area contributed by atoms with Crippen molar-refractivity contribution in [3.8, 4) is 5.75 Å². The van der Waals surface area contributed by atoms with E-state index in [1.807, 2.05) is 18.3 Å². The Kier molecular flexibility index (Phi) is 4.35. The van der Waals surface area contributed by atoms with Gasteiger partial charge in [0, 0.05) is 17.1 Å². The molecule has 2 heteroatoms. The second kappa shape index (κ2) is 6.20. The van der Waals surface area contributed by atoms with E-state index in [0.717, 1.165) is 48.1 Å². The Morgan fingerprint density at radius 1 is 1.33 bits per heavy atom. The van der Waals surface area contributed by atoms with Crippen molar-refractivity contribution in [2.24, 2.45) is 0 Å². The molecule has 1 aromatic heterocycles. The van der Waals surface area contributed by atoms with Gasteiger partial charge < -0.3 is 4.74 Å². The molecule has 1 aromatic carbocycles. The monoisotopic (exact) mass is 241 g/mol. The van der Waals surface area contributed by atoms with Crippen molar-refractivity contribution in [3.63, 3.8) is 0 Å². The minimum atomic E-state index is 0.746. The number of nitrogens with zero attached hydrogens (tertiary/aromatic N) is 1. The van der Waals surface area contributed by atoms with E-state index in [4.69, 9.17) is 4.74 Å². The minimum Gasteiger partial charge on any atom is -0.491 e. The summed E-state index contributed by atoms with van der Waals surface area (Å²) in [6.45, 7) is 6.71. The lowest BCUT2D eigenvalue weighted by atomic mass is 10.1. The fourth-order valence-electron chi connectivity index (χ4n) is 1.96. The molecule has 94 valence electrons. The topological polar surface area (TPSA) is 22.1 Å². The van der Waals surface area contributed by atoms with Gasteiger partial charge in [-0.3, -0.25) is 4.98 Å². The summed E-state index contributed by atoms with van der Waals surface area (Å²) in [4.78, 5) is 4.44. The third-order valence-corrected chi connectivity index (χ3v) is 2.92. The molecule has 0 saturated carbocycles. The van der Waals surface area contributed by atoms with E-state index >= 15 is 0 Å². The number of fused-ring (bicyclic) bond motifs is 1. The van der Waals surface area contributed by atoms with E-state index in [0.29, 0.717) is 0 Å². The molecule has 0 amide bonds. The van der Waals surface area contributed by atoms with Crippen molar-refractivity contribution in [2.45, 2.75) is 26.2 Å². The van der Waals surface area contributed by atoms with Crippen molar-refractivity contribution >= 4 is 10.9 Å². The van der Waals surface area contributed by atoms with Gasteiger partial charge in [-0.05, 0) is 18.9 Å². The van der Waals surface area contributed by atoms with Crippen LogP contribution in [-0.4, -0.2) is 11.6 Å². The van der Waals surface area contributed by atoms with Crippen LogP contribution in [0.4, 0.5) is 0 Å². The molecular formula is C16H19NO. The Labute approximate surface area is 108 Å². The molecule has 0 unspecified atom stereocenters. The molecule has 0 aliphatic carbocycles. The van der Waals surface area contributed by atoms with Gasteiger partial charge in [0.2, 0.25) is 0 Å². The summed E-state index contributed by atoms with van der Waals surface area (Å²) in [6, 6.07) is 8.21. The zero-order chi connectivity index (χ0) is 12.8. The van der Waals surface area contributed by atoms with Gasteiger partial charge in [-0.1, -0.05) is 37.6 Å². The quantitative estimate of drug-likeness (QED) is 0.560. The molecule has 2 rings (SSSR count). The molecule has 0 atom stereocenters. The number of unbranched alkanes of at least 4 members (excludes halogenated alkanes) is 1. The number of benzene rings is 1. The SMILES string of the molecule is C=CCc1ccc2cccnc2c1OCCCC. The standard InChI is InChI=1S/C16H19NO/c1-3-5-12-18-16-14(7-4-2)10-9-13-8-6-11-17-15(13)16/h4,6,8-11H,2-3,5,7,12H2,1H3. The Hall–Kier alpha value is -1.83. The van der Waals surface area contributed by atoms with E-state index in [2.05, 4.69) is 36.7 Å². The zero-order valence-electron chi connectivity index (χ0n) is 10.9. The highest BCUT2D eigenvalue weighted by Gasteiger charge is 2.08. The molecule has 18 heavy (non-hydrogen) atoms. The Morgan fingerprint density at radius 3 is 3.00 bits per heavy atom. The van der Waals surface area contributed by atoms with Gasteiger partial charge in [-0.25, -0.2) is 0 Å². The van der Waals surface area contributed by atoms with Crippen LogP contribution < -0.4 is 4.74 Å². The van der Waals surface area contributed by atoms with Crippen molar-refractivity contribution in [1.29, 1.82) is 0 Å². The maximum atomic E-state index is 5.93. The number of hydrogen-bond acceptors (Lipinski definition) is 2. The van der Waals surface area contributed by atoms with E-state index in [9.17, 15) is 0 Å². The molecule has 2 nitrogen and oxygen atoms in total. The van der Waals surface area contributed by atoms with Crippen LogP contribution in [0.5, 0.6) is 5.75 Å². The lowest BCUT2D eigenvalue weighted by Gasteiger charge is -2.12. The lowest BCUT2D eigenvalue weighted by Crippen LogP contribution is -2.01. The summed E-state index contributed by atoms with van der Waals surface area (Å²) in [5, 5.41) is 1.12. The average Bonchev–Trinajstić information content (AvgIpc) is 2.41. The normalized spacial score (nSPS) is 10.5. The highest BCUT2D eigenvalue weighted by molar-refractivity contribution is 5.85. The van der Waals surface area contributed by atoms with E-state index in [-0.39, 0.29) is 0 Å². The second-order valence-electron chi connectivity index (χ2n) is 4.32. The van der Waals surface area contributed by atoms with Crippen molar-refractivity contribution < 1.29 is 4.74 Å². The number of aromatic nitrogens is 1. The van der Waals surface area contributed by atoms with Gasteiger partial charge in [0.25, 0.3) is 0 Å². The van der Waals surface area contributed by atoms with Gasteiger partial charge in [-0.2, -0.15) is 0 Å². The maximum Gasteiger partial charge on any atom is 0.149 e. The van der Waals surface area contributed by atoms with E-state index in [1.54, 1.807) is 0 Å². The van der Waals surface area contributed by atoms with Gasteiger partial charge in [-0.15, -0.1) is 6.58 Å². The first-order chi connectivity index (χ1) is 8.86. The van der Waals surface area contributed by atoms with Crippen LogP contribution in [0.1, 0.15) is 25.3 Å². The molecule has 0 aliphatic heterocycles. The van der Waals surface area contributed by atoms with Gasteiger partial charge >= 0.3 is 0 Å². The summed E-state index contributed by atoms with van der Waals surface area (Å²) in [5.41, 5.74) is 2.11. The molecule has 0 spiro atoms. The number of ether oxygens (including phenoxy) is 1. The molecule has 0 radical (unpaired) electrons. The molecular weight excluding hydrogens is 222 g/mol. The number of rotatable bonds is 6. The first kappa shape index (κ1) is 12.6. The molecule has 0 bridgehead atoms. The molecule has 2 aromatic rings. The number of allylic oxidation sites excluding steroid dienone is 1.